The summed E-state index contributed by atoms with van der Waals surface area (Å²) >= 11 is 1.72. The minimum Gasteiger partial charge on any atom is -0.389 e. The van der Waals surface area contributed by atoms with Gasteiger partial charge in [0.05, 0.1) is 5.60 Å². The zero-order chi connectivity index (χ0) is 13.6. The predicted octanol–water partition coefficient (Wildman–Crippen LogP) is 3.30. The first-order chi connectivity index (χ1) is 8.45. The first-order valence-electron chi connectivity index (χ1n) is 6.60. The highest BCUT2D eigenvalue weighted by Gasteiger charge is 2.24. The Labute approximate surface area is 115 Å². The predicted molar refractivity (Wildman–Crippen MR) is 80.0 cm³/mol. The van der Waals surface area contributed by atoms with Gasteiger partial charge >= 0.3 is 0 Å². The maximum atomic E-state index is 10.2. The van der Waals surface area contributed by atoms with E-state index < -0.39 is 5.60 Å². The van der Waals surface area contributed by atoms with Gasteiger partial charge in [0.2, 0.25) is 0 Å². The van der Waals surface area contributed by atoms with Crippen molar-refractivity contribution in [2.24, 2.45) is 5.92 Å². The van der Waals surface area contributed by atoms with Crippen LogP contribution in [-0.4, -0.2) is 23.0 Å². The van der Waals surface area contributed by atoms with Crippen LogP contribution in [0.4, 0.5) is 0 Å². The molecule has 1 aromatic carbocycles. The molecule has 1 atom stereocenters. The standard InChI is InChI=1S/C15H25NOS/c1-5-16-10-13-6-8-14(9-7-13)18-11-15(4,17)12(2)3/h6-9,12,16-17H,5,10-11H2,1-4H3. The molecule has 0 spiro atoms. The fraction of sp³-hybridized carbons (Fsp3) is 0.600. The molecule has 0 aliphatic heterocycles. The lowest BCUT2D eigenvalue weighted by Gasteiger charge is -2.27. The molecule has 18 heavy (non-hydrogen) atoms. The summed E-state index contributed by atoms with van der Waals surface area (Å²) in [6.45, 7) is 10.0. The van der Waals surface area contributed by atoms with Crippen molar-refractivity contribution in [3.05, 3.63) is 29.8 Å². The van der Waals surface area contributed by atoms with Crippen LogP contribution in [0.3, 0.4) is 0 Å². The fourth-order valence-corrected chi connectivity index (χ4v) is 2.49. The molecule has 0 aliphatic carbocycles. The van der Waals surface area contributed by atoms with Gasteiger partial charge in [0.25, 0.3) is 0 Å². The molecule has 0 aromatic heterocycles. The van der Waals surface area contributed by atoms with Crippen LogP contribution < -0.4 is 5.32 Å². The van der Waals surface area contributed by atoms with Crippen molar-refractivity contribution >= 4 is 11.8 Å². The van der Waals surface area contributed by atoms with E-state index in [0.717, 1.165) is 18.8 Å². The van der Waals surface area contributed by atoms with E-state index in [2.05, 4.69) is 50.4 Å². The Morgan fingerprint density at radius 2 is 1.89 bits per heavy atom. The molecule has 1 unspecified atom stereocenters. The number of nitrogens with one attached hydrogen (secondary N) is 1. The second-order valence-corrected chi connectivity index (χ2v) is 6.27. The van der Waals surface area contributed by atoms with Crippen LogP contribution >= 0.6 is 11.8 Å². The molecule has 0 saturated heterocycles. The first-order valence-corrected chi connectivity index (χ1v) is 7.59. The van der Waals surface area contributed by atoms with Crippen LogP contribution in [0, 0.1) is 5.92 Å². The van der Waals surface area contributed by atoms with E-state index in [4.69, 9.17) is 0 Å². The molecule has 0 bridgehead atoms. The Hall–Kier alpha value is -0.510. The van der Waals surface area contributed by atoms with Gasteiger partial charge in [-0.25, -0.2) is 0 Å². The van der Waals surface area contributed by atoms with Crippen LogP contribution in [0.1, 0.15) is 33.3 Å². The van der Waals surface area contributed by atoms with Crippen molar-refractivity contribution in [3.8, 4) is 0 Å². The number of benzene rings is 1. The molecule has 1 aromatic rings. The second-order valence-electron chi connectivity index (χ2n) is 5.22. The Bertz CT molecular complexity index is 346. The third-order valence-corrected chi connectivity index (χ3v) is 4.61. The van der Waals surface area contributed by atoms with Gasteiger partial charge in [0.1, 0.15) is 0 Å². The number of hydrogen-bond donors (Lipinski definition) is 2. The monoisotopic (exact) mass is 267 g/mol. The summed E-state index contributed by atoms with van der Waals surface area (Å²) in [5, 5.41) is 13.5. The van der Waals surface area contributed by atoms with Gasteiger partial charge in [-0.15, -0.1) is 11.8 Å². The molecule has 1 rings (SSSR count). The third-order valence-electron chi connectivity index (χ3n) is 3.28. The molecular weight excluding hydrogens is 242 g/mol. The number of thioether (sulfide) groups is 1. The summed E-state index contributed by atoms with van der Waals surface area (Å²) in [4.78, 5) is 1.22. The van der Waals surface area contributed by atoms with E-state index in [1.807, 2.05) is 6.92 Å². The second kappa shape index (κ2) is 7.17. The summed E-state index contributed by atoms with van der Waals surface area (Å²) in [6, 6.07) is 8.56. The largest absolute Gasteiger partial charge is 0.389 e. The van der Waals surface area contributed by atoms with E-state index in [9.17, 15) is 5.11 Å². The molecule has 2 nitrogen and oxygen atoms in total. The van der Waals surface area contributed by atoms with E-state index >= 15 is 0 Å². The summed E-state index contributed by atoms with van der Waals surface area (Å²) in [5.41, 5.74) is 0.699. The SMILES string of the molecule is CCNCc1ccc(SCC(C)(O)C(C)C)cc1. The lowest BCUT2D eigenvalue weighted by molar-refractivity contribution is 0.0376. The molecule has 0 fully saturated rings. The molecular formula is C15H25NOS. The van der Waals surface area contributed by atoms with Gasteiger partial charge in [0, 0.05) is 17.2 Å². The van der Waals surface area contributed by atoms with Crippen LogP contribution in [0.15, 0.2) is 29.2 Å². The van der Waals surface area contributed by atoms with E-state index in [1.165, 1.54) is 10.5 Å². The van der Waals surface area contributed by atoms with Gasteiger partial charge in [-0.3, -0.25) is 0 Å². The summed E-state index contributed by atoms with van der Waals surface area (Å²) in [5.74, 6) is 1.01. The van der Waals surface area contributed by atoms with Crippen molar-refractivity contribution in [1.29, 1.82) is 0 Å². The Morgan fingerprint density at radius 3 is 2.39 bits per heavy atom. The summed E-state index contributed by atoms with van der Waals surface area (Å²) in [7, 11) is 0. The Kier molecular flexibility index (Phi) is 6.19. The lowest BCUT2D eigenvalue weighted by Crippen LogP contribution is -2.33. The van der Waals surface area contributed by atoms with Crippen molar-refractivity contribution in [2.45, 2.75) is 44.7 Å². The molecule has 102 valence electrons. The van der Waals surface area contributed by atoms with Crippen molar-refractivity contribution in [3.63, 3.8) is 0 Å². The molecule has 0 saturated carbocycles. The topological polar surface area (TPSA) is 32.3 Å². The average molecular weight is 267 g/mol. The van der Waals surface area contributed by atoms with Crippen molar-refractivity contribution in [1.82, 2.24) is 5.32 Å². The number of aliphatic hydroxyl groups is 1. The maximum Gasteiger partial charge on any atom is 0.0736 e. The minimum absolute atomic E-state index is 0.276. The van der Waals surface area contributed by atoms with Gasteiger partial charge in [-0.05, 0) is 37.1 Å². The van der Waals surface area contributed by atoms with Crippen LogP contribution in [-0.2, 0) is 6.54 Å². The van der Waals surface area contributed by atoms with E-state index in [0.29, 0.717) is 0 Å². The molecule has 2 N–H and O–H groups in total. The maximum absolute atomic E-state index is 10.2. The highest BCUT2D eigenvalue weighted by Crippen LogP contribution is 2.27. The van der Waals surface area contributed by atoms with Crippen LogP contribution in [0.25, 0.3) is 0 Å². The quantitative estimate of drug-likeness (QED) is 0.744. The van der Waals surface area contributed by atoms with E-state index in [1.54, 1.807) is 11.8 Å². The molecule has 0 heterocycles. The smallest absolute Gasteiger partial charge is 0.0736 e. The van der Waals surface area contributed by atoms with Gasteiger partial charge in [-0.2, -0.15) is 0 Å². The van der Waals surface area contributed by atoms with Gasteiger partial charge in [0.15, 0.2) is 0 Å². The van der Waals surface area contributed by atoms with Gasteiger partial charge in [-0.1, -0.05) is 32.9 Å². The van der Waals surface area contributed by atoms with Crippen LogP contribution in [0.2, 0.25) is 0 Å². The third kappa shape index (κ3) is 5.01. The summed E-state index contributed by atoms with van der Waals surface area (Å²) < 4.78 is 0. The Balaban J connectivity index is 2.49. The Morgan fingerprint density at radius 1 is 1.28 bits per heavy atom. The number of rotatable bonds is 7. The normalized spacial score (nSPS) is 14.8. The molecule has 0 aliphatic rings. The zero-order valence-electron chi connectivity index (χ0n) is 11.9. The molecule has 0 amide bonds. The molecule has 0 radical (unpaired) electrons. The zero-order valence-corrected chi connectivity index (χ0v) is 12.7. The molecule has 3 heteroatoms. The average Bonchev–Trinajstić information content (AvgIpc) is 2.35. The van der Waals surface area contributed by atoms with Crippen molar-refractivity contribution < 1.29 is 5.11 Å². The number of hydrogen-bond acceptors (Lipinski definition) is 3. The van der Waals surface area contributed by atoms with E-state index in [-0.39, 0.29) is 5.92 Å². The lowest BCUT2D eigenvalue weighted by atomic mass is 9.95. The van der Waals surface area contributed by atoms with Crippen LogP contribution in [0.5, 0.6) is 0 Å². The summed E-state index contributed by atoms with van der Waals surface area (Å²) in [6.07, 6.45) is 0. The minimum atomic E-state index is -0.604. The highest BCUT2D eigenvalue weighted by atomic mass is 32.2. The first kappa shape index (κ1) is 15.5. The highest BCUT2D eigenvalue weighted by molar-refractivity contribution is 7.99. The van der Waals surface area contributed by atoms with Gasteiger partial charge < -0.3 is 10.4 Å². The fourth-order valence-electron chi connectivity index (χ4n) is 1.37. The van der Waals surface area contributed by atoms with Crippen molar-refractivity contribution in [2.75, 3.05) is 12.3 Å².